The third-order valence-electron chi connectivity index (χ3n) is 4.58. The summed E-state index contributed by atoms with van der Waals surface area (Å²) >= 11 is 4.73. The zero-order valence-corrected chi connectivity index (χ0v) is 17.9. The molecule has 1 aliphatic heterocycles. The summed E-state index contributed by atoms with van der Waals surface area (Å²) in [6.07, 6.45) is 0. The number of benzene rings is 2. The fraction of sp³-hybridized carbons (Fsp3) is 0.0952. The molecule has 1 aliphatic rings. The van der Waals surface area contributed by atoms with Crippen molar-refractivity contribution in [3.05, 3.63) is 66.0 Å². The molecule has 2 aromatic heterocycles. The fourth-order valence-corrected chi connectivity index (χ4v) is 5.79. The Hall–Kier alpha value is -2.55. The number of carbonyl (C=O) groups is 1. The lowest BCUT2D eigenvalue weighted by Gasteiger charge is -2.30. The van der Waals surface area contributed by atoms with E-state index in [1.54, 1.807) is 23.1 Å². The highest BCUT2D eigenvalue weighted by Crippen LogP contribution is 2.48. The number of thioether (sulfide) groups is 1. The second kappa shape index (κ2) is 7.70. The number of hydrogen-bond donors (Lipinski definition) is 0. The van der Waals surface area contributed by atoms with Crippen molar-refractivity contribution in [2.75, 3.05) is 10.7 Å². The van der Waals surface area contributed by atoms with Crippen LogP contribution in [0.15, 0.2) is 81.0 Å². The van der Waals surface area contributed by atoms with Crippen molar-refractivity contribution in [3.8, 4) is 10.7 Å². The number of thiophene rings is 1. The van der Waals surface area contributed by atoms with Gasteiger partial charge in [0.05, 0.1) is 22.0 Å². The third kappa shape index (κ3) is 3.37. The first-order valence-electron chi connectivity index (χ1n) is 8.97. The Balaban J connectivity index is 1.41. The molecule has 0 N–H and O–H groups in total. The maximum absolute atomic E-state index is 13.3. The molecule has 0 saturated heterocycles. The summed E-state index contributed by atoms with van der Waals surface area (Å²) < 4.78 is 1.94. The zero-order chi connectivity index (χ0) is 19.8. The molecule has 1 amide bonds. The quantitative estimate of drug-likeness (QED) is 0.397. The van der Waals surface area contributed by atoms with Crippen LogP contribution in [0.4, 0.5) is 11.4 Å². The highest BCUT2D eigenvalue weighted by Gasteiger charge is 2.28. The van der Waals surface area contributed by atoms with Crippen LogP contribution in [0, 0.1) is 0 Å². The molecule has 0 fully saturated rings. The van der Waals surface area contributed by atoms with E-state index in [1.807, 2.05) is 70.4 Å². The van der Waals surface area contributed by atoms with Gasteiger partial charge in [-0.25, -0.2) is 0 Å². The monoisotopic (exact) mass is 436 g/mol. The smallest absolute Gasteiger partial charge is 0.242 e. The maximum Gasteiger partial charge on any atom is 0.242 e. The highest BCUT2D eigenvalue weighted by molar-refractivity contribution is 8.00. The average Bonchev–Trinajstić information content (AvgIpc) is 3.40. The molecule has 0 unspecified atom stereocenters. The number of aromatic nitrogens is 3. The molecule has 4 aromatic rings. The summed E-state index contributed by atoms with van der Waals surface area (Å²) in [5, 5.41) is 11.3. The minimum atomic E-state index is 0.0240. The number of carbonyl (C=O) groups excluding carboxylic acids is 1. The van der Waals surface area contributed by atoms with Gasteiger partial charge >= 0.3 is 0 Å². The number of para-hydroxylation sites is 2. The van der Waals surface area contributed by atoms with Crippen molar-refractivity contribution in [1.82, 2.24) is 14.8 Å². The predicted octanol–water partition coefficient (Wildman–Crippen LogP) is 5.47. The second-order valence-electron chi connectivity index (χ2n) is 6.40. The van der Waals surface area contributed by atoms with Crippen LogP contribution in [-0.2, 0) is 11.8 Å². The number of fused-ring (bicyclic) bond motifs is 2. The predicted molar refractivity (Wildman–Crippen MR) is 119 cm³/mol. The Kier molecular flexibility index (Phi) is 4.91. The molecule has 8 heteroatoms. The Morgan fingerprint density at radius 1 is 0.966 bits per heavy atom. The molecule has 5 rings (SSSR count). The number of hydrogen-bond acceptors (Lipinski definition) is 6. The first-order chi connectivity index (χ1) is 14.2. The maximum atomic E-state index is 13.3. The Bertz CT molecular complexity index is 1140. The van der Waals surface area contributed by atoms with Gasteiger partial charge in [-0.2, -0.15) is 0 Å². The Labute approximate surface area is 180 Å². The highest BCUT2D eigenvalue weighted by atomic mass is 32.2. The molecule has 3 heterocycles. The molecule has 29 heavy (non-hydrogen) atoms. The van der Waals surface area contributed by atoms with E-state index in [9.17, 15) is 4.79 Å². The molecule has 0 aliphatic carbocycles. The average molecular weight is 437 g/mol. The number of rotatable bonds is 4. The number of nitrogens with zero attached hydrogens (tertiary/aromatic N) is 4. The van der Waals surface area contributed by atoms with Gasteiger partial charge in [0.1, 0.15) is 0 Å². The molecule has 144 valence electrons. The van der Waals surface area contributed by atoms with Crippen LogP contribution in [0.1, 0.15) is 0 Å². The summed E-state index contributed by atoms with van der Waals surface area (Å²) in [6, 6.07) is 20.1. The van der Waals surface area contributed by atoms with Crippen molar-refractivity contribution in [2.45, 2.75) is 14.9 Å². The molecule has 0 bridgehead atoms. The molecular formula is C21H16N4OS3. The van der Waals surface area contributed by atoms with Gasteiger partial charge in [0.2, 0.25) is 5.91 Å². The van der Waals surface area contributed by atoms with Crippen molar-refractivity contribution >= 4 is 52.1 Å². The van der Waals surface area contributed by atoms with Gasteiger partial charge in [0.15, 0.2) is 11.0 Å². The van der Waals surface area contributed by atoms with Gasteiger partial charge in [-0.3, -0.25) is 9.69 Å². The van der Waals surface area contributed by atoms with Crippen LogP contribution in [-0.4, -0.2) is 26.4 Å². The number of anilines is 2. The molecule has 0 spiro atoms. The van der Waals surface area contributed by atoms with Gasteiger partial charge in [0, 0.05) is 16.8 Å². The summed E-state index contributed by atoms with van der Waals surface area (Å²) in [6.45, 7) is 0. The Morgan fingerprint density at radius 2 is 1.66 bits per heavy atom. The van der Waals surface area contributed by atoms with Crippen LogP contribution < -0.4 is 4.90 Å². The molecular weight excluding hydrogens is 420 g/mol. The first-order valence-corrected chi connectivity index (χ1v) is 11.7. The van der Waals surface area contributed by atoms with Crippen molar-refractivity contribution < 1.29 is 4.79 Å². The van der Waals surface area contributed by atoms with E-state index in [0.717, 1.165) is 37.0 Å². The van der Waals surface area contributed by atoms with E-state index < -0.39 is 0 Å². The summed E-state index contributed by atoms with van der Waals surface area (Å²) in [5.74, 6) is 1.12. The van der Waals surface area contributed by atoms with Crippen LogP contribution in [0.5, 0.6) is 0 Å². The van der Waals surface area contributed by atoms with E-state index in [4.69, 9.17) is 0 Å². The minimum Gasteiger partial charge on any atom is -0.304 e. The Morgan fingerprint density at radius 3 is 2.31 bits per heavy atom. The summed E-state index contributed by atoms with van der Waals surface area (Å²) in [5.41, 5.74) is 1.86. The van der Waals surface area contributed by atoms with Gasteiger partial charge in [-0.1, -0.05) is 53.9 Å². The standard InChI is InChI=1S/C21H16N4OS3/c1-24-20(18-11-6-12-27-18)22-23-21(24)28-13-19(26)25-14-7-2-4-9-16(14)29-17-10-5-3-8-15(17)25/h2-12H,13H2,1H3. The summed E-state index contributed by atoms with van der Waals surface area (Å²) in [4.78, 5) is 18.3. The van der Waals surface area contributed by atoms with Crippen LogP contribution >= 0.6 is 34.9 Å². The normalized spacial score (nSPS) is 12.5. The molecule has 0 atom stereocenters. The largest absolute Gasteiger partial charge is 0.304 e. The van der Waals surface area contributed by atoms with Crippen LogP contribution in [0.25, 0.3) is 10.7 Å². The van der Waals surface area contributed by atoms with Crippen molar-refractivity contribution in [2.24, 2.45) is 7.05 Å². The van der Waals surface area contributed by atoms with Gasteiger partial charge in [0.25, 0.3) is 0 Å². The topological polar surface area (TPSA) is 51.0 Å². The van der Waals surface area contributed by atoms with Crippen molar-refractivity contribution in [3.63, 3.8) is 0 Å². The minimum absolute atomic E-state index is 0.0240. The van der Waals surface area contributed by atoms with E-state index >= 15 is 0 Å². The van der Waals surface area contributed by atoms with Crippen molar-refractivity contribution in [1.29, 1.82) is 0 Å². The lowest BCUT2D eigenvalue weighted by molar-refractivity contribution is -0.115. The second-order valence-corrected chi connectivity index (χ2v) is 9.37. The van der Waals surface area contributed by atoms with Gasteiger partial charge < -0.3 is 4.57 Å². The van der Waals surface area contributed by atoms with E-state index in [-0.39, 0.29) is 11.7 Å². The first kappa shape index (κ1) is 18.5. The van der Waals surface area contributed by atoms with E-state index in [0.29, 0.717) is 0 Å². The number of amides is 1. The molecule has 0 saturated carbocycles. The molecule has 5 nitrogen and oxygen atoms in total. The SMILES string of the molecule is Cn1c(SCC(=O)N2c3ccccc3Sc3ccccc32)nnc1-c1cccs1. The fourth-order valence-electron chi connectivity index (χ4n) is 3.23. The van der Waals surface area contributed by atoms with Crippen LogP contribution in [0.3, 0.4) is 0 Å². The third-order valence-corrected chi connectivity index (χ3v) is 7.58. The van der Waals surface area contributed by atoms with E-state index in [2.05, 4.69) is 22.3 Å². The lowest BCUT2D eigenvalue weighted by Crippen LogP contribution is -2.30. The van der Waals surface area contributed by atoms with E-state index in [1.165, 1.54) is 11.8 Å². The zero-order valence-electron chi connectivity index (χ0n) is 15.5. The summed E-state index contributed by atoms with van der Waals surface area (Å²) in [7, 11) is 1.93. The van der Waals surface area contributed by atoms with Gasteiger partial charge in [-0.15, -0.1) is 21.5 Å². The molecule has 2 aromatic carbocycles. The van der Waals surface area contributed by atoms with Crippen LogP contribution in [0.2, 0.25) is 0 Å². The van der Waals surface area contributed by atoms with Gasteiger partial charge in [-0.05, 0) is 35.7 Å². The molecule has 0 radical (unpaired) electrons. The lowest BCUT2D eigenvalue weighted by atomic mass is 10.2.